The molecule has 9 rings (SSSR count). The third-order valence-electron chi connectivity index (χ3n) is 15.1. The second kappa shape index (κ2) is 25.1. The van der Waals surface area contributed by atoms with Gasteiger partial charge in [-0.15, -0.1) is 0 Å². The van der Waals surface area contributed by atoms with E-state index in [2.05, 4.69) is 47.4 Å². The van der Waals surface area contributed by atoms with Crippen LogP contribution in [-0.2, 0) is 80.8 Å². The van der Waals surface area contributed by atoms with Gasteiger partial charge in [0.25, 0.3) is 5.56 Å². The summed E-state index contributed by atoms with van der Waals surface area (Å²) >= 11 is 4.17. The summed E-state index contributed by atoms with van der Waals surface area (Å²) in [5, 5.41) is 22.3. The number of imide groups is 1. The van der Waals surface area contributed by atoms with Crippen molar-refractivity contribution in [3.05, 3.63) is 140 Å². The number of cyclic esters (lactones) is 1. The zero-order chi connectivity index (χ0) is 56.8. The maximum Gasteiger partial charge on any atom is 0.340 e. The lowest BCUT2D eigenvalue weighted by Crippen LogP contribution is -2.40. The first-order chi connectivity index (χ1) is 38.4. The van der Waals surface area contributed by atoms with E-state index < -0.39 is 34.7 Å². The number of aromatic nitrogens is 2. The molecule has 1 aliphatic carbocycles. The van der Waals surface area contributed by atoms with E-state index >= 15 is 4.39 Å². The molecule has 420 valence electrons. The SMILES string of the molecule is C=C(CNC(=O)C(Cc1ccccc1)N=C(CNC(=O)CNC(=O)CCCc1ccc(N2C(=O)CC(S)C2=O)cc1)PC)NCOCCOC[C@]1(C)CCc2c(C)c(F)cc3nc4c(c1c23)Cn1c-4cc2c(c1=O)COC(=O)C2O. The molecule has 2 aromatic heterocycles. The summed E-state index contributed by atoms with van der Waals surface area (Å²) in [4.78, 5) is 101. The van der Waals surface area contributed by atoms with Gasteiger partial charge >= 0.3 is 5.97 Å². The number of esters is 1. The highest BCUT2D eigenvalue weighted by Gasteiger charge is 2.42. The van der Waals surface area contributed by atoms with Crippen molar-refractivity contribution in [1.82, 2.24) is 30.8 Å². The molecule has 0 spiro atoms. The molecule has 22 heteroatoms. The van der Waals surface area contributed by atoms with Gasteiger partial charge in [-0.05, 0) is 85.3 Å². The number of nitrogens with zero attached hydrogens (tertiary/aromatic N) is 4. The van der Waals surface area contributed by atoms with Crippen LogP contribution in [0, 0.1) is 12.7 Å². The number of aliphatic imine (C=N–C) groups is 1. The molecule has 3 aliphatic heterocycles. The number of aliphatic hydroxyl groups is 1. The first-order valence-electron chi connectivity index (χ1n) is 26.5. The number of anilines is 1. The number of ether oxygens (including phenoxy) is 3. The largest absolute Gasteiger partial charge is 0.458 e. The number of rotatable bonds is 24. The summed E-state index contributed by atoms with van der Waals surface area (Å²) in [5.41, 5.74) is 7.45. The smallest absolute Gasteiger partial charge is 0.340 e. The maximum atomic E-state index is 15.4. The van der Waals surface area contributed by atoms with Crippen molar-refractivity contribution in [2.45, 2.75) is 94.8 Å². The van der Waals surface area contributed by atoms with Crippen LogP contribution in [0.4, 0.5) is 10.1 Å². The minimum Gasteiger partial charge on any atom is -0.458 e. The van der Waals surface area contributed by atoms with E-state index in [1.807, 2.05) is 49.1 Å². The van der Waals surface area contributed by atoms with Gasteiger partial charge in [-0.25, -0.2) is 19.1 Å². The molecule has 5 aromatic rings. The van der Waals surface area contributed by atoms with Gasteiger partial charge in [0.2, 0.25) is 29.5 Å². The number of fused-ring (bicyclic) bond motifs is 5. The summed E-state index contributed by atoms with van der Waals surface area (Å²) in [6.45, 7) is 10.6. The first kappa shape index (κ1) is 57.5. The number of carbonyl (C=O) groups is 6. The molecule has 19 nitrogen and oxygen atoms in total. The average Bonchev–Trinajstić information content (AvgIpc) is 3.95. The summed E-state index contributed by atoms with van der Waals surface area (Å²) in [6, 6.07) is 18.7. The second-order valence-electron chi connectivity index (χ2n) is 20.6. The fraction of sp³-hybridized carbons (Fsp3) is 0.397. The van der Waals surface area contributed by atoms with Crippen molar-refractivity contribution in [2.75, 3.05) is 57.8 Å². The molecule has 5 amide bonds. The van der Waals surface area contributed by atoms with Crippen LogP contribution in [-0.4, -0.2) is 120 Å². The molecule has 4 aliphatic rings. The Morgan fingerprint density at radius 3 is 2.45 bits per heavy atom. The Labute approximate surface area is 468 Å². The Bertz CT molecular complexity index is 3380. The first-order valence-corrected chi connectivity index (χ1v) is 28.5. The van der Waals surface area contributed by atoms with Crippen LogP contribution in [0.25, 0.3) is 22.3 Å². The zero-order valence-electron chi connectivity index (χ0n) is 44.7. The number of halogens is 1. The predicted octanol–water partition coefficient (Wildman–Crippen LogP) is 4.51. The number of amides is 5. The van der Waals surface area contributed by atoms with Gasteiger partial charge in [-0.1, -0.05) is 64.5 Å². The molecule has 5 heterocycles. The minimum atomic E-state index is -1.60. The number of aryl methyl sites for hydroxylation is 2. The van der Waals surface area contributed by atoms with Gasteiger partial charge in [0, 0.05) is 53.0 Å². The standard InChI is InChI=1S/C58H64FN8O11PS/c1-32(63-31-77-20-19-76-30-58(3)18-17-37-33(2)41(59)23-42-50(37)51(58)39-28-66-44(52(39)65-42)22-38-40(55(66)73)29-78-57(75)53(38)71)25-62-54(72)43(21-35-9-6-5-7-10-35)64-48(79-4)27-61-47(69)26-60-46(68)12-8-11-34-13-15-36(16-14-34)67-49(70)24-45(80)56(67)74/h5-7,9-10,13-16,22-23,43,45,53,63,71,79-80H,1,8,11-12,17-21,24-31H2,2-4H3,(H,60,68)(H,61,69)(H,62,72)/t43?,45?,53?,58-/m0/s1. The highest BCUT2D eigenvalue weighted by Crippen LogP contribution is 2.48. The third kappa shape index (κ3) is 12.6. The van der Waals surface area contributed by atoms with Crippen LogP contribution in [0.3, 0.4) is 0 Å². The number of aliphatic hydroxyl groups excluding tert-OH is 1. The van der Waals surface area contributed by atoms with E-state index in [1.54, 1.807) is 29.7 Å². The molecule has 5 N–H and O–H groups in total. The van der Waals surface area contributed by atoms with Crippen LogP contribution < -0.4 is 31.7 Å². The fourth-order valence-corrected chi connectivity index (χ4v) is 11.5. The number of hydrogen-bond donors (Lipinski definition) is 6. The number of carbonyl (C=O) groups excluding carboxylic acids is 6. The zero-order valence-corrected chi connectivity index (χ0v) is 46.6. The van der Waals surface area contributed by atoms with Crippen molar-refractivity contribution in [3.8, 4) is 11.4 Å². The summed E-state index contributed by atoms with van der Waals surface area (Å²) < 4.78 is 34.2. The Balaban J connectivity index is 0.723. The van der Waals surface area contributed by atoms with E-state index in [0.717, 1.165) is 38.1 Å². The fourth-order valence-electron chi connectivity index (χ4n) is 10.7. The maximum absolute atomic E-state index is 15.4. The normalized spacial score (nSPS) is 18.7. The average molecular weight is 1130 g/mol. The molecule has 5 atom stereocenters. The Kier molecular flexibility index (Phi) is 18.1. The number of thiol groups is 1. The molecule has 1 fully saturated rings. The van der Waals surface area contributed by atoms with Gasteiger partial charge in [0.05, 0.1) is 84.9 Å². The van der Waals surface area contributed by atoms with Gasteiger partial charge in [-0.2, -0.15) is 12.6 Å². The van der Waals surface area contributed by atoms with Gasteiger partial charge in [0.15, 0.2) is 6.10 Å². The molecular weight excluding hydrogens is 1070 g/mol. The Morgan fingerprint density at radius 1 is 0.963 bits per heavy atom. The monoisotopic (exact) mass is 1130 g/mol. The van der Waals surface area contributed by atoms with Gasteiger partial charge in [-0.3, -0.25) is 33.8 Å². The van der Waals surface area contributed by atoms with E-state index in [4.69, 9.17) is 24.2 Å². The summed E-state index contributed by atoms with van der Waals surface area (Å²) in [6.07, 6.45) is 1.29. The number of hydrogen-bond acceptors (Lipinski definition) is 15. The Morgan fingerprint density at radius 2 is 1.71 bits per heavy atom. The van der Waals surface area contributed by atoms with Crippen LogP contribution in [0.1, 0.15) is 83.2 Å². The van der Waals surface area contributed by atoms with Crippen molar-refractivity contribution in [1.29, 1.82) is 0 Å². The van der Waals surface area contributed by atoms with E-state index in [9.17, 15) is 38.7 Å². The van der Waals surface area contributed by atoms with Crippen LogP contribution in [0.5, 0.6) is 0 Å². The van der Waals surface area contributed by atoms with Crippen molar-refractivity contribution < 1.29 is 52.5 Å². The molecular formula is C58H64FN8O11PS. The van der Waals surface area contributed by atoms with Crippen molar-refractivity contribution in [2.24, 2.45) is 4.99 Å². The molecule has 0 radical (unpaired) electrons. The lowest BCUT2D eigenvalue weighted by molar-refractivity contribution is -0.157. The van der Waals surface area contributed by atoms with E-state index in [0.29, 0.717) is 78.0 Å². The molecule has 0 bridgehead atoms. The molecule has 4 unspecified atom stereocenters. The summed E-state index contributed by atoms with van der Waals surface area (Å²) in [7, 11) is 0.178. The van der Waals surface area contributed by atoms with Crippen LogP contribution >= 0.6 is 21.2 Å². The lowest BCUT2D eigenvalue weighted by Gasteiger charge is -2.37. The highest BCUT2D eigenvalue weighted by atomic mass is 32.1. The van der Waals surface area contributed by atoms with E-state index in [1.165, 1.54) is 6.07 Å². The predicted molar refractivity (Wildman–Crippen MR) is 303 cm³/mol. The lowest BCUT2D eigenvalue weighted by atomic mass is 9.69. The Hall–Kier alpha value is -7.16. The topological polar surface area (TPSA) is 249 Å². The van der Waals surface area contributed by atoms with Crippen molar-refractivity contribution in [3.63, 3.8) is 0 Å². The third-order valence-corrected chi connectivity index (χ3v) is 16.3. The minimum absolute atomic E-state index is 0.0645. The van der Waals surface area contributed by atoms with Crippen LogP contribution in [0.2, 0.25) is 0 Å². The van der Waals surface area contributed by atoms with E-state index in [-0.39, 0.29) is 120 Å². The molecule has 0 saturated carbocycles. The quantitative estimate of drug-likeness (QED) is 0.00930. The summed E-state index contributed by atoms with van der Waals surface area (Å²) in [5.74, 6) is -2.86. The molecule has 3 aromatic carbocycles. The van der Waals surface area contributed by atoms with Crippen molar-refractivity contribution >= 4 is 78.8 Å². The van der Waals surface area contributed by atoms with Crippen LogP contribution in [0.15, 0.2) is 88.8 Å². The molecule has 1 saturated heterocycles. The second-order valence-corrected chi connectivity index (χ2v) is 22.3. The number of nitrogens with one attached hydrogen (secondary N) is 4. The number of benzene rings is 3. The molecule has 80 heavy (non-hydrogen) atoms. The number of pyridine rings is 2. The highest BCUT2D eigenvalue weighted by molar-refractivity contribution is 7.82. The van der Waals surface area contributed by atoms with Gasteiger partial charge in [0.1, 0.15) is 25.2 Å². The van der Waals surface area contributed by atoms with Gasteiger partial charge < -0.3 is 45.2 Å².